The number of nitrogens with one attached hydrogen (secondary N) is 1. The first-order chi connectivity index (χ1) is 16.4. The summed E-state index contributed by atoms with van der Waals surface area (Å²) in [7, 11) is 0. The summed E-state index contributed by atoms with van der Waals surface area (Å²) in [5.41, 5.74) is 0.300. The van der Waals surface area contributed by atoms with E-state index in [0.29, 0.717) is 23.9 Å². The molecule has 5 rings (SSSR count). The second kappa shape index (κ2) is 9.12. The smallest absolute Gasteiger partial charge is 0.379 e. The third kappa shape index (κ3) is 4.79. The number of morpholine rings is 1. The molecule has 0 saturated carbocycles. The number of alkyl halides is 3. The number of nitrogens with zero attached hydrogens (tertiary/aromatic N) is 5. The van der Waals surface area contributed by atoms with Crippen molar-refractivity contribution in [3.8, 4) is 5.69 Å². The summed E-state index contributed by atoms with van der Waals surface area (Å²) in [6.07, 6.45) is -1.36. The van der Waals surface area contributed by atoms with E-state index in [-0.39, 0.29) is 17.0 Å². The van der Waals surface area contributed by atoms with Gasteiger partial charge in [0.05, 0.1) is 18.8 Å². The van der Waals surface area contributed by atoms with Gasteiger partial charge >= 0.3 is 6.18 Å². The molecular formula is C22H19F3N6O2S. The Morgan fingerprint density at radius 1 is 1.15 bits per heavy atom. The van der Waals surface area contributed by atoms with Gasteiger partial charge in [-0.05, 0) is 30.3 Å². The highest BCUT2D eigenvalue weighted by Gasteiger charge is 2.30. The molecule has 1 aliphatic rings. The molecule has 1 N–H and O–H groups in total. The number of carbonyl (C=O) groups is 1. The predicted molar refractivity (Wildman–Crippen MR) is 120 cm³/mol. The van der Waals surface area contributed by atoms with Crippen LogP contribution in [0.2, 0.25) is 0 Å². The number of benzene rings is 1. The van der Waals surface area contributed by atoms with E-state index >= 15 is 0 Å². The highest BCUT2D eigenvalue weighted by atomic mass is 32.1. The lowest BCUT2D eigenvalue weighted by Crippen LogP contribution is -2.35. The fourth-order valence-electron chi connectivity index (χ4n) is 3.62. The Kier molecular flexibility index (Phi) is 6.02. The molecule has 0 atom stereocenters. The lowest BCUT2D eigenvalue weighted by atomic mass is 10.2. The first kappa shape index (κ1) is 22.4. The number of amides is 1. The molecule has 0 bridgehead atoms. The topological polar surface area (TPSA) is 85.2 Å². The van der Waals surface area contributed by atoms with Gasteiger partial charge in [-0.25, -0.2) is 15.0 Å². The molecule has 8 nitrogen and oxygen atoms in total. The quantitative estimate of drug-likeness (QED) is 0.458. The van der Waals surface area contributed by atoms with Crippen molar-refractivity contribution in [3.63, 3.8) is 0 Å². The van der Waals surface area contributed by atoms with E-state index in [1.807, 2.05) is 0 Å². The summed E-state index contributed by atoms with van der Waals surface area (Å²) in [5, 5.41) is 3.19. The van der Waals surface area contributed by atoms with E-state index in [9.17, 15) is 18.0 Å². The van der Waals surface area contributed by atoms with E-state index in [2.05, 4.69) is 25.2 Å². The van der Waals surface area contributed by atoms with Crippen LogP contribution in [0.25, 0.3) is 16.9 Å². The minimum atomic E-state index is -4.47. The number of rotatable bonds is 5. The second-order valence-corrected chi connectivity index (χ2v) is 8.79. The molecule has 0 aliphatic carbocycles. The highest BCUT2D eigenvalue weighted by molar-refractivity contribution is 7.15. The lowest BCUT2D eigenvalue weighted by Gasteiger charge is -2.25. The first-order valence-electron chi connectivity index (χ1n) is 10.4. The molecule has 1 fully saturated rings. The normalized spacial score (nSPS) is 15.0. The molecule has 1 amide bonds. The average molecular weight is 488 g/mol. The largest absolute Gasteiger partial charge is 0.416 e. The number of anilines is 1. The van der Waals surface area contributed by atoms with Gasteiger partial charge in [-0.1, -0.05) is 6.07 Å². The predicted octanol–water partition coefficient (Wildman–Crippen LogP) is 3.98. The number of imidazole rings is 1. The zero-order valence-corrected chi connectivity index (χ0v) is 18.6. The summed E-state index contributed by atoms with van der Waals surface area (Å²) in [6.45, 7) is 3.84. The molecule has 1 aromatic carbocycles. The van der Waals surface area contributed by atoms with Gasteiger partial charge in [0.2, 0.25) is 0 Å². The van der Waals surface area contributed by atoms with E-state index in [1.54, 1.807) is 12.3 Å². The van der Waals surface area contributed by atoms with Crippen LogP contribution in [0.3, 0.4) is 0 Å². The maximum Gasteiger partial charge on any atom is 0.416 e. The number of carbonyl (C=O) groups excluding carboxylic acids is 1. The summed E-state index contributed by atoms with van der Waals surface area (Å²) < 4.78 is 46.2. The van der Waals surface area contributed by atoms with E-state index in [4.69, 9.17) is 4.74 Å². The van der Waals surface area contributed by atoms with Crippen molar-refractivity contribution in [1.29, 1.82) is 0 Å². The molecule has 0 spiro atoms. The number of ether oxygens (including phenoxy) is 1. The van der Waals surface area contributed by atoms with Crippen LogP contribution in [0.1, 0.15) is 20.9 Å². The fourth-order valence-corrected chi connectivity index (χ4v) is 4.47. The van der Waals surface area contributed by atoms with Crippen molar-refractivity contribution in [3.05, 3.63) is 65.1 Å². The van der Waals surface area contributed by atoms with Crippen molar-refractivity contribution in [2.75, 3.05) is 31.6 Å². The van der Waals surface area contributed by atoms with Crippen LogP contribution >= 0.6 is 11.3 Å². The van der Waals surface area contributed by atoms with Gasteiger partial charge in [-0.2, -0.15) is 13.2 Å². The number of aromatic nitrogens is 4. The van der Waals surface area contributed by atoms with Crippen molar-refractivity contribution in [2.45, 2.75) is 12.7 Å². The molecule has 1 aliphatic heterocycles. The van der Waals surface area contributed by atoms with E-state index in [0.717, 1.165) is 36.6 Å². The van der Waals surface area contributed by atoms with Crippen molar-refractivity contribution in [2.24, 2.45) is 0 Å². The minimum absolute atomic E-state index is 0.103. The van der Waals surface area contributed by atoms with Crippen molar-refractivity contribution in [1.82, 2.24) is 24.4 Å². The van der Waals surface area contributed by atoms with E-state index in [1.165, 1.54) is 40.4 Å². The van der Waals surface area contributed by atoms with Gasteiger partial charge in [0.25, 0.3) is 5.91 Å². The van der Waals surface area contributed by atoms with Gasteiger partial charge in [0.1, 0.15) is 17.5 Å². The zero-order valence-electron chi connectivity index (χ0n) is 17.7. The van der Waals surface area contributed by atoms with Gasteiger partial charge < -0.3 is 4.74 Å². The molecule has 34 heavy (non-hydrogen) atoms. The van der Waals surface area contributed by atoms with Gasteiger partial charge in [0, 0.05) is 36.4 Å². The van der Waals surface area contributed by atoms with Gasteiger partial charge in [0.15, 0.2) is 10.8 Å². The Balaban J connectivity index is 1.35. The second-order valence-electron chi connectivity index (χ2n) is 7.68. The molecule has 0 radical (unpaired) electrons. The third-order valence-electron chi connectivity index (χ3n) is 5.34. The van der Waals surface area contributed by atoms with Crippen LogP contribution < -0.4 is 5.32 Å². The summed E-state index contributed by atoms with van der Waals surface area (Å²) >= 11 is 1.38. The standard InChI is InChI=1S/C22H19F3N6O2S/c23-22(24,25)14-2-1-3-15(10-14)31-13-27-17-4-5-18(28-19(17)31)20(32)29-21-26-11-16(34-21)12-30-6-8-33-9-7-30/h1-5,10-11,13H,6-9,12H2,(H,26,29,32). The molecule has 4 aromatic rings. The molecule has 0 unspecified atom stereocenters. The van der Waals surface area contributed by atoms with Crippen molar-refractivity contribution < 1.29 is 22.7 Å². The Morgan fingerprint density at radius 2 is 1.97 bits per heavy atom. The van der Waals surface area contributed by atoms with Crippen LogP contribution in [0.5, 0.6) is 0 Å². The van der Waals surface area contributed by atoms with Crippen LogP contribution in [0.15, 0.2) is 48.9 Å². The summed E-state index contributed by atoms with van der Waals surface area (Å²) in [6, 6.07) is 7.97. The summed E-state index contributed by atoms with van der Waals surface area (Å²) in [4.78, 5) is 28.9. The SMILES string of the molecule is O=C(Nc1ncc(CN2CCOCC2)s1)c1ccc2ncn(-c3cccc(C(F)(F)F)c3)c2n1. The molecule has 176 valence electrons. The lowest BCUT2D eigenvalue weighted by molar-refractivity contribution is -0.137. The average Bonchev–Trinajstić information content (AvgIpc) is 3.45. The van der Waals surface area contributed by atoms with Crippen LogP contribution in [-0.4, -0.2) is 56.6 Å². The molecular weight excluding hydrogens is 469 g/mol. The van der Waals surface area contributed by atoms with E-state index < -0.39 is 17.6 Å². The molecule has 1 saturated heterocycles. The number of hydrogen-bond acceptors (Lipinski definition) is 7. The molecule has 12 heteroatoms. The molecule has 3 aromatic heterocycles. The molecule has 4 heterocycles. The Labute approximate surface area is 196 Å². The van der Waals surface area contributed by atoms with Gasteiger partial charge in [-0.15, -0.1) is 11.3 Å². The first-order valence-corrected chi connectivity index (χ1v) is 11.3. The number of pyridine rings is 1. The van der Waals surface area contributed by atoms with Crippen LogP contribution in [0, 0.1) is 0 Å². The Bertz CT molecular complexity index is 1330. The Hall–Kier alpha value is -3.35. The Morgan fingerprint density at radius 3 is 2.76 bits per heavy atom. The zero-order chi connectivity index (χ0) is 23.7. The number of halogens is 3. The number of hydrogen-bond donors (Lipinski definition) is 1. The maximum atomic E-state index is 13.1. The van der Waals surface area contributed by atoms with Crippen LogP contribution in [-0.2, 0) is 17.5 Å². The minimum Gasteiger partial charge on any atom is -0.379 e. The fraction of sp³-hybridized carbons (Fsp3) is 0.273. The summed E-state index contributed by atoms with van der Waals surface area (Å²) in [5.74, 6) is -0.467. The number of fused-ring (bicyclic) bond motifs is 1. The monoisotopic (exact) mass is 488 g/mol. The van der Waals surface area contributed by atoms with Crippen molar-refractivity contribution >= 4 is 33.5 Å². The maximum absolute atomic E-state index is 13.1. The van der Waals surface area contributed by atoms with Crippen LogP contribution in [0.4, 0.5) is 18.3 Å². The third-order valence-corrected chi connectivity index (χ3v) is 6.23. The number of thiazole rings is 1. The van der Waals surface area contributed by atoms with Gasteiger partial charge in [-0.3, -0.25) is 19.6 Å². The highest BCUT2D eigenvalue weighted by Crippen LogP contribution is 2.31.